The van der Waals surface area contributed by atoms with Gasteiger partial charge in [-0.2, -0.15) is 5.10 Å². The molecule has 0 saturated carbocycles. The molecule has 144 valence electrons. The third kappa shape index (κ3) is 3.04. The van der Waals surface area contributed by atoms with Crippen LogP contribution in [-0.2, 0) is 7.05 Å². The summed E-state index contributed by atoms with van der Waals surface area (Å²) in [5, 5.41) is 4.33. The van der Waals surface area contributed by atoms with Crippen LogP contribution < -0.4 is 0 Å². The zero-order valence-electron chi connectivity index (χ0n) is 16.3. The summed E-state index contributed by atoms with van der Waals surface area (Å²) in [6.45, 7) is 0. The van der Waals surface area contributed by atoms with Crippen molar-refractivity contribution in [3.63, 3.8) is 0 Å². The van der Waals surface area contributed by atoms with Crippen LogP contribution in [0.1, 0.15) is 22.8 Å². The Kier molecular flexibility index (Phi) is 3.58. The van der Waals surface area contributed by atoms with Crippen LogP contribution in [0.5, 0.6) is 0 Å². The third-order valence-corrected chi connectivity index (χ3v) is 5.18. The molecule has 30 heavy (non-hydrogen) atoms. The van der Waals surface area contributed by atoms with Gasteiger partial charge in [0, 0.05) is 46.4 Å². The lowest BCUT2D eigenvalue weighted by Crippen LogP contribution is -1.84. The van der Waals surface area contributed by atoms with Crippen LogP contribution in [0.2, 0.25) is 0 Å². The molecule has 0 amide bonds. The minimum Gasteiger partial charge on any atom is -0.355 e. The Hall–Kier alpha value is -4.19. The molecule has 0 fully saturated rings. The summed E-state index contributed by atoms with van der Waals surface area (Å²) in [7, 11) is 1.92. The molecule has 0 unspecified atom stereocenters. The monoisotopic (exact) mass is 390 g/mol. The fraction of sp³-hybridized carbons (Fsp3) is 0.0417. The van der Waals surface area contributed by atoms with Crippen molar-refractivity contribution in [2.24, 2.45) is 7.05 Å². The first-order valence-corrected chi connectivity index (χ1v) is 9.75. The number of aryl methyl sites for hydroxylation is 1. The van der Waals surface area contributed by atoms with E-state index in [-0.39, 0.29) is 0 Å². The fourth-order valence-electron chi connectivity index (χ4n) is 3.82. The molecule has 4 aromatic rings. The Bertz CT molecular complexity index is 1510. The Balaban J connectivity index is 1.68. The van der Waals surface area contributed by atoms with E-state index in [0.717, 1.165) is 56.0 Å². The number of nitrogens with one attached hydrogen (secondary N) is 2. The first-order valence-electron chi connectivity index (χ1n) is 9.75. The van der Waals surface area contributed by atoms with Crippen molar-refractivity contribution in [1.29, 1.82) is 0 Å². The van der Waals surface area contributed by atoms with Gasteiger partial charge in [-0.05, 0) is 66.8 Å². The van der Waals surface area contributed by atoms with Gasteiger partial charge >= 0.3 is 0 Å². The van der Waals surface area contributed by atoms with Crippen molar-refractivity contribution < 1.29 is 0 Å². The SMILES string of the molecule is Cn1cc(-c2cc3cc4nc(cc5ccc(cc6nc(cc2[nH]3)C=C6)[nH]5)C=C4)cn1. The summed E-state index contributed by atoms with van der Waals surface area (Å²) in [6, 6.07) is 14.4. The molecule has 2 N–H and O–H groups in total. The van der Waals surface area contributed by atoms with Gasteiger partial charge < -0.3 is 9.97 Å². The van der Waals surface area contributed by atoms with Gasteiger partial charge in [0.05, 0.1) is 29.0 Å². The van der Waals surface area contributed by atoms with Gasteiger partial charge in [0.15, 0.2) is 0 Å². The summed E-state index contributed by atoms with van der Waals surface area (Å²) in [6.07, 6.45) is 12.0. The maximum atomic E-state index is 4.75. The Morgan fingerprint density at radius 1 is 0.700 bits per heavy atom. The summed E-state index contributed by atoms with van der Waals surface area (Å²) in [4.78, 5) is 16.4. The first kappa shape index (κ1) is 16.7. The van der Waals surface area contributed by atoms with E-state index >= 15 is 0 Å². The second kappa shape index (κ2) is 6.42. The molecule has 4 aromatic heterocycles. The topological polar surface area (TPSA) is 75.2 Å². The van der Waals surface area contributed by atoms with Crippen LogP contribution >= 0.6 is 0 Å². The van der Waals surface area contributed by atoms with Crippen molar-refractivity contribution >= 4 is 46.4 Å². The molecule has 0 aromatic carbocycles. The molecular formula is C24H18N6. The molecule has 0 saturated heterocycles. The summed E-state index contributed by atoms with van der Waals surface area (Å²) >= 11 is 0. The number of fused-ring (bicyclic) bond motifs is 8. The Labute approximate surface area is 172 Å². The van der Waals surface area contributed by atoms with Gasteiger partial charge in [0.25, 0.3) is 0 Å². The van der Waals surface area contributed by atoms with Crippen LogP contribution in [0.15, 0.2) is 54.9 Å². The minimum absolute atomic E-state index is 0.902. The normalized spacial score (nSPS) is 12.6. The number of hydrogen-bond donors (Lipinski definition) is 2. The second-order valence-electron chi connectivity index (χ2n) is 7.49. The summed E-state index contributed by atoms with van der Waals surface area (Å²) < 4.78 is 1.81. The highest BCUT2D eigenvalue weighted by Crippen LogP contribution is 2.27. The van der Waals surface area contributed by atoms with Gasteiger partial charge in [0.1, 0.15) is 0 Å². The molecule has 6 rings (SSSR count). The predicted molar refractivity (Wildman–Crippen MR) is 121 cm³/mol. The molecule has 2 aliphatic rings. The van der Waals surface area contributed by atoms with Crippen molar-refractivity contribution in [3.8, 4) is 11.1 Å². The number of nitrogens with zero attached hydrogens (tertiary/aromatic N) is 4. The predicted octanol–water partition coefficient (Wildman–Crippen LogP) is 5.06. The lowest BCUT2D eigenvalue weighted by molar-refractivity contribution is 0.768. The number of aromatic amines is 2. The van der Waals surface area contributed by atoms with Gasteiger partial charge in [-0.1, -0.05) is 0 Å². The second-order valence-corrected chi connectivity index (χ2v) is 7.49. The van der Waals surface area contributed by atoms with Gasteiger partial charge in [-0.15, -0.1) is 0 Å². The van der Waals surface area contributed by atoms with Gasteiger partial charge in [-0.3, -0.25) is 4.68 Å². The Morgan fingerprint density at radius 3 is 1.90 bits per heavy atom. The lowest BCUT2D eigenvalue weighted by atomic mass is 10.1. The number of hydrogen-bond acceptors (Lipinski definition) is 3. The van der Waals surface area contributed by atoms with Crippen molar-refractivity contribution in [2.45, 2.75) is 0 Å². The molecular weight excluding hydrogens is 372 g/mol. The number of aromatic nitrogens is 6. The molecule has 6 nitrogen and oxygen atoms in total. The van der Waals surface area contributed by atoms with E-state index < -0.39 is 0 Å². The maximum absolute atomic E-state index is 4.75. The van der Waals surface area contributed by atoms with Crippen LogP contribution in [0.3, 0.4) is 0 Å². The largest absolute Gasteiger partial charge is 0.355 e. The highest BCUT2D eigenvalue weighted by atomic mass is 15.2. The average Bonchev–Trinajstić information content (AvgIpc) is 3.51. The van der Waals surface area contributed by atoms with E-state index in [1.807, 2.05) is 60.6 Å². The van der Waals surface area contributed by atoms with E-state index in [2.05, 4.69) is 45.4 Å². The molecule has 0 atom stereocenters. The smallest absolute Gasteiger partial charge is 0.0658 e. The van der Waals surface area contributed by atoms with E-state index in [4.69, 9.17) is 9.97 Å². The standard InChI is InChI=1S/C24H18N6/c1-30-14-15(13-25-30)23-11-22-10-20-5-4-18(27-20)8-16-2-3-17(26-16)9-19-6-7-21(28-19)12-24(23)29-22/h2-14,26,29H,1H3. The van der Waals surface area contributed by atoms with E-state index in [1.165, 1.54) is 0 Å². The number of H-pyrrole nitrogens is 2. The van der Waals surface area contributed by atoms with E-state index in [9.17, 15) is 0 Å². The first-order chi connectivity index (χ1) is 14.7. The van der Waals surface area contributed by atoms with Crippen molar-refractivity contribution in [1.82, 2.24) is 29.7 Å². The average molecular weight is 390 g/mol. The molecule has 6 heteroatoms. The minimum atomic E-state index is 0.902. The molecule has 6 heterocycles. The molecule has 0 aliphatic carbocycles. The van der Waals surface area contributed by atoms with Gasteiger partial charge in [0.2, 0.25) is 0 Å². The highest BCUT2D eigenvalue weighted by Gasteiger charge is 2.08. The van der Waals surface area contributed by atoms with Crippen molar-refractivity contribution in [3.05, 3.63) is 77.6 Å². The third-order valence-electron chi connectivity index (χ3n) is 5.18. The van der Waals surface area contributed by atoms with Gasteiger partial charge in [-0.25, -0.2) is 9.97 Å². The molecule has 8 bridgehead atoms. The van der Waals surface area contributed by atoms with Crippen LogP contribution in [0, 0.1) is 0 Å². The zero-order valence-corrected chi connectivity index (χ0v) is 16.3. The molecule has 0 spiro atoms. The summed E-state index contributed by atoms with van der Waals surface area (Å²) in [5.74, 6) is 0. The zero-order chi connectivity index (χ0) is 20.1. The number of rotatable bonds is 1. The van der Waals surface area contributed by atoms with Crippen LogP contribution in [0.25, 0.3) is 57.5 Å². The summed E-state index contributed by atoms with van der Waals surface area (Å²) in [5.41, 5.74) is 9.77. The van der Waals surface area contributed by atoms with Crippen molar-refractivity contribution in [2.75, 3.05) is 0 Å². The Morgan fingerprint density at radius 2 is 1.30 bits per heavy atom. The van der Waals surface area contributed by atoms with Crippen LogP contribution in [-0.4, -0.2) is 29.7 Å². The molecule has 2 aliphatic heterocycles. The van der Waals surface area contributed by atoms with E-state index in [0.29, 0.717) is 0 Å². The fourth-order valence-corrected chi connectivity index (χ4v) is 3.82. The van der Waals surface area contributed by atoms with E-state index in [1.54, 1.807) is 0 Å². The lowest BCUT2D eigenvalue weighted by Gasteiger charge is -1.92. The highest BCUT2D eigenvalue weighted by molar-refractivity contribution is 5.87. The maximum Gasteiger partial charge on any atom is 0.0658 e. The van der Waals surface area contributed by atoms with Crippen LogP contribution in [0.4, 0.5) is 0 Å². The quantitative estimate of drug-likeness (QED) is 0.412. The molecule has 0 radical (unpaired) electrons.